The summed E-state index contributed by atoms with van der Waals surface area (Å²) in [5, 5.41) is 3.15. The molecule has 1 aromatic carbocycles. The molecule has 1 saturated heterocycles. The summed E-state index contributed by atoms with van der Waals surface area (Å²) in [4.78, 5) is 21.4. The minimum atomic E-state index is -3.24. The lowest BCUT2D eigenvalue weighted by Crippen LogP contribution is -2.48. The predicted octanol–water partition coefficient (Wildman–Crippen LogP) is 1.81. The zero-order chi connectivity index (χ0) is 18.0. The minimum Gasteiger partial charge on any atom is -0.336 e. The number of amides is 1. The summed E-state index contributed by atoms with van der Waals surface area (Å²) in [6, 6.07) is 6.15. The zero-order valence-electron chi connectivity index (χ0n) is 14.3. The van der Waals surface area contributed by atoms with E-state index in [1.807, 2.05) is 11.8 Å². The number of piperazine rings is 1. The van der Waals surface area contributed by atoms with Crippen LogP contribution in [0.25, 0.3) is 0 Å². The van der Waals surface area contributed by atoms with Crippen LogP contribution in [0.3, 0.4) is 0 Å². The minimum absolute atomic E-state index is 0.0517. The first-order chi connectivity index (χ1) is 11.8. The van der Waals surface area contributed by atoms with Crippen molar-refractivity contribution in [2.45, 2.75) is 18.4 Å². The summed E-state index contributed by atoms with van der Waals surface area (Å²) in [5.74, 6) is -0.0517. The fraction of sp³-hybridized carbons (Fsp3) is 0.412. The number of carbonyl (C=O) groups is 1. The van der Waals surface area contributed by atoms with Crippen LogP contribution >= 0.6 is 11.3 Å². The molecule has 0 aliphatic carbocycles. The molecule has 2 aromatic rings. The van der Waals surface area contributed by atoms with Gasteiger partial charge in [-0.25, -0.2) is 13.4 Å². The van der Waals surface area contributed by atoms with Crippen molar-refractivity contribution in [2.24, 2.45) is 0 Å². The summed E-state index contributed by atoms with van der Waals surface area (Å²) < 4.78 is 23.0. The Bertz CT molecular complexity index is 852. The molecule has 1 aromatic heterocycles. The number of aryl methyl sites for hydroxylation is 1. The van der Waals surface area contributed by atoms with Crippen molar-refractivity contribution in [3.63, 3.8) is 0 Å². The van der Waals surface area contributed by atoms with Gasteiger partial charge in [0.25, 0.3) is 5.91 Å². The van der Waals surface area contributed by atoms with Crippen LogP contribution in [-0.4, -0.2) is 61.5 Å². The molecule has 134 valence electrons. The largest absolute Gasteiger partial charge is 0.336 e. The van der Waals surface area contributed by atoms with Crippen LogP contribution < -0.4 is 0 Å². The molecule has 0 radical (unpaired) electrons. The zero-order valence-corrected chi connectivity index (χ0v) is 15.9. The molecule has 8 heteroatoms. The highest BCUT2D eigenvalue weighted by Gasteiger charge is 2.22. The van der Waals surface area contributed by atoms with Crippen molar-refractivity contribution in [1.82, 2.24) is 14.8 Å². The summed E-state index contributed by atoms with van der Waals surface area (Å²) in [5.41, 5.74) is 1.61. The lowest BCUT2D eigenvalue weighted by Gasteiger charge is -2.34. The molecule has 3 rings (SSSR count). The Balaban J connectivity index is 1.58. The Morgan fingerprint density at radius 3 is 2.32 bits per heavy atom. The van der Waals surface area contributed by atoms with Gasteiger partial charge in [0.05, 0.1) is 15.6 Å². The van der Waals surface area contributed by atoms with E-state index in [1.54, 1.807) is 23.5 Å². The summed E-state index contributed by atoms with van der Waals surface area (Å²) in [7, 11) is -3.24. The molecule has 0 bridgehead atoms. The highest BCUT2D eigenvalue weighted by molar-refractivity contribution is 7.90. The van der Waals surface area contributed by atoms with Gasteiger partial charge in [0.15, 0.2) is 9.84 Å². The highest BCUT2D eigenvalue weighted by Crippen LogP contribution is 2.15. The van der Waals surface area contributed by atoms with Crippen molar-refractivity contribution < 1.29 is 13.2 Å². The van der Waals surface area contributed by atoms with Crippen LogP contribution in [0.1, 0.15) is 21.1 Å². The second kappa shape index (κ2) is 7.23. The fourth-order valence-corrected chi connectivity index (χ4v) is 4.08. The quantitative estimate of drug-likeness (QED) is 0.810. The van der Waals surface area contributed by atoms with Gasteiger partial charge in [-0.05, 0) is 31.2 Å². The first-order valence-corrected chi connectivity index (χ1v) is 10.8. The SMILES string of the molecule is Cc1nc(CN2CCN(C(=O)c3ccc(S(C)(=O)=O)cc3)CC2)cs1. The summed E-state index contributed by atoms with van der Waals surface area (Å²) in [6.07, 6.45) is 1.16. The number of thiazole rings is 1. The molecule has 2 heterocycles. The van der Waals surface area contributed by atoms with Gasteiger partial charge >= 0.3 is 0 Å². The number of sulfone groups is 1. The monoisotopic (exact) mass is 379 g/mol. The third-order valence-corrected chi connectivity index (χ3v) is 6.19. The van der Waals surface area contributed by atoms with Crippen LogP contribution in [0.15, 0.2) is 34.5 Å². The molecular formula is C17H21N3O3S2. The van der Waals surface area contributed by atoms with E-state index in [9.17, 15) is 13.2 Å². The van der Waals surface area contributed by atoms with E-state index in [0.717, 1.165) is 36.6 Å². The summed E-state index contributed by atoms with van der Waals surface area (Å²) >= 11 is 1.65. The van der Waals surface area contributed by atoms with Gasteiger partial charge in [-0.2, -0.15) is 0 Å². The average molecular weight is 380 g/mol. The van der Waals surface area contributed by atoms with Crippen LogP contribution in [-0.2, 0) is 16.4 Å². The van der Waals surface area contributed by atoms with Gasteiger partial charge in [-0.3, -0.25) is 9.69 Å². The molecule has 1 aliphatic rings. The normalized spacial score (nSPS) is 16.2. The van der Waals surface area contributed by atoms with Crippen LogP contribution in [0.2, 0.25) is 0 Å². The maximum Gasteiger partial charge on any atom is 0.253 e. The first-order valence-electron chi connectivity index (χ1n) is 8.06. The van der Waals surface area contributed by atoms with Crippen molar-refractivity contribution in [3.05, 3.63) is 45.9 Å². The standard InChI is InChI=1S/C17H21N3O3S2/c1-13-18-15(12-24-13)11-19-7-9-20(10-8-19)17(21)14-3-5-16(6-4-14)25(2,22)23/h3-6,12H,7-11H2,1-2H3. The molecule has 0 spiro atoms. The number of rotatable bonds is 4. The van der Waals surface area contributed by atoms with Gasteiger partial charge in [0.2, 0.25) is 0 Å². The Labute approximate surface area is 152 Å². The van der Waals surface area contributed by atoms with Gasteiger partial charge in [0, 0.05) is 49.9 Å². The second-order valence-corrected chi connectivity index (χ2v) is 9.30. The van der Waals surface area contributed by atoms with E-state index in [2.05, 4.69) is 15.3 Å². The van der Waals surface area contributed by atoms with Crippen LogP contribution in [0.4, 0.5) is 0 Å². The molecule has 1 amide bonds. The Morgan fingerprint density at radius 1 is 1.16 bits per heavy atom. The smallest absolute Gasteiger partial charge is 0.253 e. The molecule has 0 N–H and O–H groups in total. The Hall–Kier alpha value is -1.77. The highest BCUT2D eigenvalue weighted by atomic mass is 32.2. The molecule has 25 heavy (non-hydrogen) atoms. The van der Waals surface area contributed by atoms with E-state index in [0.29, 0.717) is 18.7 Å². The molecule has 1 fully saturated rings. The number of nitrogens with zero attached hydrogens (tertiary/aromatic N) is 3. The third-order valence-electron chi connectivity index (χ3n) is 4.24. The number of hydrogen-bond donors (Lipinski definition) is 0. The van der Waals surface area contributed by atoms with Gasteiger partial charge in [-0.15, -0.1) is 11.3 Å². The Kier molecular flexibility index (Phi) is 5.21. The topological polar surface area (TPSA) is 70.6 Å². The predicted molar refractivity (Wildman–Crippen MR) is 97.6 cm³/mol. The third kappa shape index (κ3) is 4.45. The van der Waals surface area contributed by atoms with Crippen LogP contribution in [0.5, 0.6) is 0 Å². The molecule has 1 aliphatic heterocycles. The molecule has 0 unspecified atom stereocenters. The van der Waals surface area contributed by atoms with Crippen molar-refractivity contribution in [2.75, 3.05) is 32.4 Å². The number of benzene rings is 1. The van der Waals surface area contributed by atoms with Gasteiger partial charge in [-0.1, -0.05) is 0 Å². The lowest BCUT2D eigenvalue weighted by atomic mass is 10.2. The molecule has 6 nitrogen and oxygen atoms in total. The second-order valence-electron chi connectivity index (χ2n) is 6.22. The Morgan fingerprint density at radius 2 is 1.80 bits per heavy atom. The molecule has 0 saturated carbocycles. The van der Waals surface area contributed by atoms with E-state index in [4.69, 9.17) is 0 Å². The maximum absolute atomic E-state index is 12.6. The number of aromatic nitrogens is 1. The maximum atomic E-state index is 12.6. The van der Waals surface area contributed by atoms with Crippen molar-refractivity contribution >= 4 is 27.1 Å². The number of carbonyl (C=O) groups excluding carboxylic acids is 1. The van der Waals surface area contributed by atoms with E-state index in [1.165, 1.54) is 12.1 Å². The van der Waals surface area contributed by atoms with Gasteiger partial charge in [0.1, 0.15) is 0 Å². The lowest BCUT2D eigenvalue weighted by molar-refractivity contribution is 0.0627. The van der Waals surface area contributed by atoms with Gasteiger partial charge < -0.3 is 4.90 Å². The van der Waals surface area contributed by atoms with E-state index < -0.39 is 9.84 Å². The van der Waals surface area contributed by atoms with Crippen molar-refractivity contribution in [1.29, 1.82) is 0 Å². The van der Waals surface area contributed by atoms with E-state index >= 15 is 0 Å². The molecular weight excluding hydrogens is 358 g/mol. The molecule has 0 atom stereocenters. The first kappa shape index (κ1) is 18.0. The summed E-state index contributed by atoms with van der Waals surface area (Å²) in [6.45, 7) is 5.76. The fourth-order valence-electron chi connectivity index (χ4n) is 2.85. The van der Waals surface area contributed by atoms with Crippen LogP contribution in [0, 0.1) is 6.92 Å². The van der Waals surface area contributed by atoms with Crippen molar-refractivity contribution in [3.8, 4) is 0 Å². The van der Waals surface area contributed by atoms with E-state index in [-0.39, 0.29) is 10.8 Å². The average Bonchev–Trinajstić information content (AvgIpc) is 2.99. The number of hydrogen-bond acceptors (Lipinski definition) is 6.